The van der Waals surface area contributed by atoms with Crippen LogP contribution in [0.1, 0.15) is 37.3 Å². The molecule has 0 N–H and O–H groups in total. The third-order valence-corrected chi connectivity index (χ3v) is 6.76. The highest BCUT2D eigenvalue weighted by molar-refractivity contribution is 6.07. The molecule has 0 radical (unpaired) electrons. The van der Waals surface area contributed by atoms with E-state index in [4.69, 9.17) is 4.74 Å². The minimum absolute atomic E-state index is 0.174. The number of carbonyl (C=O) groups excluding carboxylic acids is 1. The maximum atomic E-state index is 14.1. The van der Waals surface area contributed by atoms with Gasteiger partial charge in [0.15, 0.2) is 5.78 Å². The van der Waals surface area contributed by atoms with Crippen molar-refractivity contribution in [2.45, 2.75) is 26.2 Å². The highest BCUT2D eigenvalue weighted by Crippen LogP contribution is 2.48. The molecule has 0 unspecified atom stereocenters. The van der Waals surface area contributed by atoms with Gasteiger partial charge in [0.25, 0.3) is 0 Å². The van der Waals surface area contributed by atoms with E-state index >= 15 is 0 Å². The zero-order valence-electron chi connectivity index (χ0n) is 18.3. The van der Waals surface area contributed by atoms with Gasteiger partial charge < -0.3 is 9.64 Å². The zero-order valence-corrected chi connectivity index (χ0v) is 18.3. The number of anilines is 1. The Balaban J connectivity index is 1.57. The van der Waals surface area contributed by atoms with Crippen LogP contribution in [0.3, 0.4) is 0 Å². The largest absolute Gasteiger partial charge is 0.497 e. The van der Waals surface area contributed by atoms with Gasteiger partial charge in [-0.25, -0.2) is 0 Å². The number of Topliss-reactive ketones (excluding diaryl/α,β-unsaturated/α-hetero) is 1. The van der Waals surface area contributed by atoms with E-state index in [0.29, 0.717) is 0 Å². The lowest BCUT2D eigenvalue weighted by atomic mass is 9.73. The molecule has 1 heterocycles. The van der Waals surface area contributed by atoms with Crippen LogP contribution in [-0.4, -0.2) is 19.4 Å². The molecule has 3 nitrogen and oxygen atoms in total. The van der Waals surface area contributed by atoms with Crippen molar-refractivity contribution in [1.29, 1.82) is 0 Å². The standard InChI is InChI=1S/C28H27NO2/c1-28(2)16-17-29(19-12-14-20(31-3)15-13-19)18-25(28)27(30)26-23-10-6-4-8-21(23)22-9-5-7-11-24(22)26/h4-15,18,26H,16-17H2,1-3H3. The van der Waals surface area contributed by atoms with E-state index in [0.717, 1.165) is 41.1 Å². The summed E-state index contributed by atoms with van der Waals surface area (Å²) in [6.07, 6.45) is 3.00. The minimum atomic E-state index is -0.242. The van der Waals surface area contributed by atoms with Gasteiger partial charge in [0, 0.05) is 24.0 Å². The summed E-state index contributed by atoms with van der Waals surface area (Å²) in [5, 5.41) is 0. The molecule has 0 spiro atoms. The van der Waals surface area contributed by atoms with Crippen LogP contribution in [0.15, 0.2) is 84.6 Å². The van der Waals surface area contributed by atoms with Crippen LogP contribution in [0, 0.1) is 5.41 Å². The third kappa shape index (κ3) is 3.25. The maximum Gasteiger partial charge on any atom is 0.172 e. The van der Waals surface area contributed by atoms with Crippen LogP contribution in [0.4, 0.5) is 5.69 Å². The molecule has 1 aliphatic carbocycles. The average Bonchev–Trinajstić information content (AvgIpc) is 3.13. The fraction of sp³-hybridized carbons (Fsp3) is 0.250. The molecule has 5 rings (SSSR count). The molecule has 3 aromatic rings. The van der Waals surface area contributed by atoms with Crippen LogP contribution in [0.5, 0.6) is 5.75 Å². The van der Waals surface area contributed by atoms with Gasteiger partial charge in [-0.05, 0) is 58.4 Å². The van der Waals surface area contributed by atoms with Gasteiger partial charge in [-0.1, -0.05) is 62.4 Å². The normalized spacial score (nSPS) is 17.0. The fourth-order valence-corrected chi connectivity index (χ4v) is 4.90. The molecule has 0 bridgehead atoms. The highest BCUT2D eigenvalue weighted by atomic mass is 16.5. The molecule has 0 amide bonds. The molecule has 156 valence electrons. The second kappa shape index (κ2) is 7.42. The van der Waals surface area contributed by atoms with E-state index in [1.807, 2.05) is 24.3 Å². The molecule has 3 heteroatoms. The van der Waals surface area contributed by atoms with Crippen molar-refractivity contribution in [1.82, 2.24) is 0 Å². The van der Waals surface area contributed by atoms with E-state index in [-0.39, 0.29) is 17.1 Å². The van der Waals surface area contributed by atoms with Crippen molar-refractivity contribution < 1.29 is 9.53 Å². The Morgan fingerprint density at radius 1 is 0.903 bits per heavy atom. The second-order valence-electron chi connectivity index (χ2n) is 9.04. The van der Waals surface area contributed by atoms with Crippen LogP contribution in [0.2, 0.25) is 0 Å². The molecular weight excluding hydrogens is 382 g/mol. The first kappa shape index (κ1) is 19.6. The number of ketones is 1. The Morgan fingerprint density at radius 2 is 1.48 bits per heavy atom. The predicted molar refractivity (Wildman–Crippen MR) is 126 cm³/mol. The lowest BCUT2D eigenvalue weighted by Crippen LogP contribution is -2.36. The minimum Gasteiger partial charge on any atom is -0.497 e. The van der Waals surface area contributed by atoms with Crippen molar-refractivity contribution in [3.05, 3.63) is 95.7 Å². The topological polar surface area (TPSA) is 29.5 Å². The first-order chi connectivity index (χ1) is 15.0. The number of nitrogens with zero attached hydrogens (tertiary/aromatic N) is 1. The molecule has 31 heavy (non-hydrogen) atoms. The molecule has 1 aliphatic heterocycles. The van der Waals surface area contributed by atoms with Gasteiger partial charge in [-0.15, -0.1) is 0 Å². The summed E-state index contributed by atoms with van der Waals surface area (Å²) in [7, 11) is 1.67. The first-order valence-electron chi connectivity index (χ1n) is 10.8. The van der Waals surface area contributed by atoms with E-state index in [1.54, 1.807) is 7.11 Å². The molecule has 3 aromatic carbocycles. The number of carbonyl (C=O) groups is 1. The SMILES string of the molecule is COc1ccc(N2C=C(C(=O)C3c4ccccc4-c4ccccc43)C(C)(C)CC2)cc1. The summed E-state index contributed by atoms with van der Waals surface area (Å²) in [6.45, 7) is 5.26. The lowest BCUT2D eigenvalue weighted by molar-refractivity contribution is -0.117. The summed E-state index contributed by atoms with van der Waals surface area (Å²) in [5.74, 6) is 0.801. The van der Waals surface area contributed by atoms with Gasteiger partial charge >= 0.3 is 0 Å². The van der Waals surface area contributed by atoms with Crippen molar-refractivity contribution in [3.63, 3.8) is 0 Å². The number of hydrogen-bond donors (Lipinski definition) is 0. The maximum absolute atomic E-state index is 14.1. The number of allylic oxidation sites excluding steroid dienone is 1. The Hall–Kier alpha value is -3.33. The predicted octanol–water partition coefficient (Wildman–Crippen LogP) is 6.20. The monoisotopic (exact) mass is 409 g/mol. The molecule has 0 saturated heterocycles. The van der Waals surface area contributed by atoms with Crippen molar-refractivity contribution in [3.8, 4) is 16.9 Å². The van der Waals surface area contributed by atoms with Gasteiger partial charge in [-0.3, -0.25) is 4.79 Å². The smallest absolute Gasteiger partial charge is 0.172 e. The zero-order chi connectivity index (χ0) is 21.6. The van der Waals surface area contributed by atoms with Crippen molar-refractivity contribution in [2.24, 2.45) is 5.41 Å². The first-order valence-corrected chi connectivity index (χ1v) is 10.8. The van der Waals surface area contributed by atoms with Gasteiger partial charge in [0.1, 0.15) is 5.75 Å². The van der Waals surface area contributed by atoms with Gasteiger partial charge in [0.05, 0.1) is 13.0 Å². The van der Waals surface area contributed by atoms with E-state index in [1.165, 1.54) is 11.1 Å². The number of benzene rings is 3. The molecule has 0 aromatic heterocycles. The lowest BCUT2D eigenvalue weighted by Gasteiger charge is -2.38. The van der Waals surface area contributed by atoms with E-state index < -0.39 is 0 Å². The fourth-order valence-electron chi connectivity index (χ4n) is 4.90. The summed E-state index contributed by atoms with van der Waals surface area (Å²) in [6, 6.07) is 24.7. The van der Waals surface area contributed by atoms with Crippen LogP contribution in [-0.2, 0) is 4.79 Å². The average molecular weight is 410 g/mol. The molecule has 2 aliphatic rings. The summed E-state index contributed by atoms with van der Waals surface area (Å²) >= 11 is 0. The molecule has 0 saturated carbocycles. The van der Waals surface area contributed by atoms with Crippen molar-refractivity contribution in [2.75, 3.05) is 18.6 Å². The Morgan fingerprint density at radius 3 is 2.06 bits per heavy atom. The number of hydrogen-bond acceptors (Lipinski definition) is 3. The van der Waals surface area contributed by atoms with Crippen LogP contribution in [0.25, 0.3) is 11.1 Å². The third-order valence-electron chi connectivity index (χ3n) is 6.76. The Labute approximate surface area is 184 Å². The van der Waals surface area contributed by atoms with Crippen LogP contribution < -0.4 is 9.64 Å². The van der Waals surface area contributed by atoms with Gasteiger partial charge in [-0.2, -0.15) is 0 Å². The number of fused-ring (bicyclic) bond motifs is 3. The van der Waals surface area contributed by atoms with E-state index in [2.05, 4.69) is 73.5 Å². The number of rotatable bonds is 4. The Kier molecular flexibility index (Phi) is 4.70. The van der Waals surface area contributed by atoms with E-state index in [9.17, 15) is 4.79 Å². The molecule has 0 fully saturated rings. The van der Waals surface area contributed by atoms with Crippen LogP contribution >= 0.6 is 0 Å². The highest BCUT2D eigenvalue weighted by Gasteiger charge is 2.40. The number of ether oxygens (including phenoxy) is 1. The van der Waals surface area contributed by atoms with Crippen molar-refractivity contribution >= 4 is 11.5 Å². The number of methoxy groups -OCH3 is 1. The molecule has 0 atom stereocenters. The quantitative estimate of drug-likeness (QED) is 0.514. The summed E-state index contributed by atoms with van der Waals surface area (Å²) in [5.41, 5.74) is 6.39. The second-order valence-corrected chi connectivity index (χ2v) is 9.04. The Bertz CT molecular complexity index is 1130. The van der Waals surface area contributed by atoms with Gasteiger partial charge in [0.2, 0.25) is 0 Å². The summed E-state index contributed by atoms with van der Waals surface area (Å²) < 4.78 is 5.29. The summed E-state index contributed by atoms with van der Waals surface area (Å²) in [4.78, 5) is 16.3. The molecular formula is C28H27NO2.